The fourth-order valence-electron chi connectivity index (χ4n) is 2.47. The first kappa shape index (κ1) is 19.9. The zero-order valence-corrected chi connectivity index (χ0v) is 15.4. The second-order valence-corrected chi connectivity index (χ2v) is 6.03. The minimum Gasteiger partial charge on any atom is -0.452 e. The molecular formula is C19H21N3O5. The molecule has 2 aromatic rings. The molecule has 142 valence electrons. The number of anilines is 2. The number of carbonyl (C=O) groups is 2. The third-order valence-electron chi connectivity index (χ3n) is 3.85. The summed E-state index contributed by atoms with van der Waals surface area (Å²) in [6.45, 7) is 1.51. The van der Waals surface area contributed by atoms with E-state index in [9.17, 15) is 19.7 Å². The van der Waals surface area contributed by atoms with E-state index in [0.717, 1.165) is 18.1 Å². The van der Waals surface area contributed by atoms with Crippen molar-refractivity contribution in [2.45, 2.75) is 13.3 Å². The molecule has 0 saturated heterocycles. The van der Waals surface area contributed by atoms with Gasteiger partial charge < -0.3 is 15.0 Å². The Balaban J connectivity index is 2.07. The molecule has 0 fully saturated rings. The highest BCUT2D eigenvalue weighted by Gasteiger charge is 2.20. The topological polar surface area (TPSA) is 102 Å². The van der Waals surface area contributed by atoms with Gasteiger partial charge in [0.2, 0.25) is 0 Å². The van der Waals surface area contributed by atoms with Gasteiger partial charge in [0.25, 0.3) is 11.6 Å². The van der Waals surface area contributed by atoms with Crippen molar-refractivity contribution in [2.75, 3.05) is 30.9 Å². The van der Waals surface area contributed by atoms with Crippen LogP contribution in [0.25, 0.3) is 0 Å². The monoisotopic (exact) mass is 371 g/mol. The molecule has 0 saturated carbocycles. The summed E-state index contributed by atoms with van der Waals surface area (Å²) in [4.78, 5) is 36.4. The third-order valence-corrected chi connectivity index (χ3v) is 3.85. The highest BCUT2D eigenvalue weighted by molar-refractivity contribution is 5.99. The minimum atomic E-state index is -0.806. The summed E-state index contributed by atoms with van der Waals surface area (Å²) in [5, 5.41) is 13.6. The normalized spacial score (nSPS) is 10.2. The molecular weight excluding hydrogens is 350 g/mol. The lowest BCUT2D eigenvalue weighted by Gasteiger charge is -2.16. The van der Waals surface area contributed by atoms with Crippen LogP contribution in [0.3, 0.4) is 0 Å². The fraction of sp³-hybridized carbons (Fsp3) is 0.263. The van der Waals surface area contributed by atoms with Gasteiger partial charge in [-0.25, -0.2) is 4.79 Å². The van der Waals surface area contributed by atoms with E-state index in [2.05, 4.69) is 5.32 Å². The van der Waals surface area contributed by atoms with Crippen molar-refractivity contribution in [3.05, 3.63) is 63.7 Å². The van der Waals surface area contributed by atoms with E-state index in [1.165, 1.54) is 12.1 Å². The van der Waals surface area contributed by atoms with Crippen LogP contribution in [0, 0.1) is 10.1 Å². The summed E-state index contributed by atoms with van der Waals surface area (Å²) < 4.78 is 5.04. The Hall–Kier alpha value is -3.42. The minimum absolute atomic E-state index is 0.0231. The van der Waals surface area contributed by atoms with Gasteiger partial charge in [-0.3, -0.25) is 14.9 Å². The molecule has 1 N–H and O–H groups in total. The van der Waals surface area contributed by atoms with E-state index >= 15 is 0 Å². The van der Waals surface area contributed by atoms with Crippen molar-refractivity contribution >= 4 is 28.9 Å². The van der Waals surface area contributed by atoms with Gasteiger partial charge >= 0.3 is 5.97 Å². The average Bonchev–Trinajstić information content (AvgIpc) is 2.65. The number of carbonyl (C=O) groups excluding carboxylic acids is 2. The molecule has 8 heteroatoms. The van der Waals surface area contributed by atoms with Gasteiger partial charge in [0.1, 0.15) is 0 Å². The van der Waals surface area contributed by atoms with E-state index in [-0.39, 0.29) is 11.3 Å². The second-order valence-electron chi connectivity index (χ2n) is 6.03. The number of benzene rings is 2. The van der Waals surface area contributed by atoms with E-state index in [0.29, 0.717) is 11.4 Å². The van der Waals surface area contributed by atoms with Crippen molar-refractivity contribution in [1.82, 2.24) is 0 Å². The number of nitrogens with one attached hydrogen (secondary N) is 1. The Morgan fingerprint density at radius 1 is 1.19 bits per heavy atom. The summed E-state index contributed by atoms with van der Waals surface area (Å²) >= 11 is 0. The van der Waals surface area contributed by atoms with Gasteiger partial charge in [0, 0.05) is 31.9 Å². The maximum Gasteiger partial charge on any atom is 0.341 e. The number of ether oxygens (including phenoxy) is 1. The Kier molecular flexibility index (Phi) is 6.48. The van der Waals surface area contributed by atoms with Crippen LogP contribution in [0.1, 0.15) is 22.8 Å². The molecule has 0 radical (unpaired) electrons. The van der Waals surface area contributed by atoms with Gasteiger partial charge in [0.15, 0.2) is 6.61 Å². The van der Waals surface area contributed by atoms with Crippen LogP contribution in [-0.2, 0) is 16.0 Å². The zero-order valence-electron chi connectivity index (χ0n) is 15.4. The van der Waals surface area contributed by atoms with Crippen LogP contribution in [0.4, 0.5) is 17.1 Å². The molecule has 0 bridgehead atoms. The lowest BCUT2D eigenvalue weighted by atomic mass is 10.1. The average molecular weight is 371 g/mol. The van der Waals surface area contributed by atoms with Gasteiger partial charge in [-0.15, -0.1) is 0 Å². The van der Waals surface area contributed by atoms with Crippen molar-refractivity contribution < 1.29 is 19.2 Å². The molecule has 1 amide bonds. The van der Waals surface area contributed by atoms with Gasteiger partial charge in [-0.05, 0) is 30.2 Å². The lowest BCUT2D eigenvalue weighted by molar-refractivity contribution is -0.384. The summed E-state index contributed by atoms with van der Waals surface area (Å²) in [5.41, 5.74) is 1.93. The fourth-order valence-corrected chi connectivity index (χ4v) is 2.47. The lowest BCUT2D eigenvalue weighted by Crippen LogP contribution is -2.22. The maximum atomic E-state index is 12.4. The number of rotatable bonds is 7. The van der Waals surface area contributed by atoms with Crippen LogP contribution in [0.15, 0.2) is 42.5 Å². The quantitative estimate of drug-likeness (QED) is 0.456. The molecule has 2 aromatic carbocycles. The molecule has 2 rings (SSSR count). The van der Waals surface area contributed by atoms with Crippen LogP contribution >= 0.6 is 0 Å². The van der Waals surface area contributed by atoms with Crippen LogP contribution in [0.5, 0.6) is 0 Å². The number of aryl methyl sites for hydroxylation is 1. The van der Waals surface area contributed by atoms with E-state index in [1.54, 1.807) is 25.1 Å². The standard InChI is InChI=1S/C19H21N3O5/c1-4-13-6-5-7-14(10-13)20-18(23)12-27-19(24)16-11-15(22(25)26)8-9-17(16)21(2)3/h5-11H,4,12H2,1-3H3,(H,20,23). The highest BCUT2D eigenvalue weighted by atomic mass is 16.6. The first-order chi connectivity index (χ1) is 12.8. The SMILES string of the molecule is CCc1cccc(NC(=O)COC(=O)c2cc([N+](=O)[O-])ccc2N(C)C)c1. The first-order valence-corrected chi connectivity index (χ1v) is 8.33. The van der Waals surface area contributed by atoms with E-state index < -0.39 is 23.4 Å². The van der Waals surface area contributed by atoms with Crippen LogP contribution in [0.2, 0.25) is 0 Å². The molecule has 0 aliphatic carbocycles. The molecule has 0 aliphatic heterocycles. The smallest absolute Gasteiger partial charge is 0.341 e. The summed E-state index contributed by atoms with van der Waals surface area (Å²) in [7, 11) is 3.40. The first-order valence-electron chi connectivity index (χ1n) is 8.33. The molecule has 27 heavy (non-hydrogen) atoms. The number of nitrogens with zero attached hydrogens (tertiary/aromatic N) is 2. The van der Waals surface area contributed by atoms with Gasteiger partial charge in [0.05, 0.1) is 16.2 Å². The van der Waals surface area contributed by atoms with Crippen molar-refractivity contribution in [1.29, 1.82) is 0 Å². The van der Waals surface area contributed by atoms with Crippen LogP contribution < -0.4 is 10.2 Å². The van der Waals surface area contributed by atoms with E-state index in [4.69, 9.17) is 4.74 Å². The highest BCUT2D eigenvalue weighted by Crippen LogP contribution is 2.25. The number of hydrogen-bond donors (Lipinski definition) is 1. The molecule has 8 nitrogen and oxygen atoms in total. The van der Waals surface area contributed by atoms with E-state index in [1.807, 2.05) is 25.1 Å². The Morgan fingerprint density at radius 3 is 2.56 bits per heavy atom. The predicted octanol–water partition coefficient (Wildman–Crippen LogP) is 3.02. The molecule has 0 aromatic heterocycles. The van der Waals surface area contributed by atoms with Gasteiger partial charge in [-0.1, -0.05) is 19.1 Å². The Labute approximate surface area is 156 Å². The van der Waals surface area contributed by atoms with Crippen molar-refractivity contribution in [3.8, 4) is 0 Å². The molecule has 0 heterocycles. The molecule has 0 aliphatic rings. The van der Waals surface area contributed by atoms with Gasteiger partial charge in [-0.2, -0.15) is 0 Å². The molecule has 0 unspecified atom stereocenters. The number of non-ortho nitro benzene ring substituents is 1. The third kappa shape index (κ3) is 5.27. The van der Waals surface area contributed by atoms with Crippen molar-refractivity contribution in [2.24, 2.45) is 0 Å². The number of amides is 1. The molecule has 0 spiro atoms. The largest absolute Gasteiger partial charge is 0.452 e. The maximum absolute atomic E-state index is 12.4. The number of hydrogen-bond acceptors (Lipinski definition) is 6. The second kappa shape index (κ2) is 8.79. The molecule has 0 atom stereocenters. The van der Waals surface area contributed by atoms with Crippen LogP contribution in [-0.4, -0.2) is 37.5 Å². The summed E-state index contributed by atoms with van der Waals surface area (Å²) in [6.07, 6.45) is 0.832. The zero-order chi connectivity index (χ0) is 20.0. The number of nitro benzene ring substituents is 1. The summed E-state index contributed by atoms with van der Waals surface area (Å²) in [5.74, 6) is -1.30. The Morgan fingerprint density at radius 2 is 1.93 bits per heavy atom. The number of esters is 1. The number of nitro groups is 1. The van der Waals surface area contributed by atoms with Crippen molar-refractivity contribution in [3.63, 3.8) is 0 Å². The predicted molar refractivity (Wildman–Crippen MR) is 102 cm³/mol. The summed E-state index contributed by atoms with van der Waals surface area (Å²) in [6, 6.07) is 11.3. The Bertz CT molecular complexity index is 864.